The van der Waals surface area contributed by atoms with Crippen molar-refractivity contribution in [1.29, 1.82) is 0 Å². The molecule has 2 aromatic carbocycles. The number of alkyl carbamates (subject to hydrolysis) is 1. The Morgan fingerprint density at radius 1 is 0.971 bits per heavy atom. The van der Waals surface area contributed by atoms with Crippen LogP contribution in [0.4, 0.5) is 4.79 Å². The highest BCUT2D eigenvalue weighted by atomic mass is 16.5. The molecule has 0 fully saturated rings. The topological polar surface area (TPSA) is 105 Å². The van der Waals surface area contributed by atoms with E-state index in [-0.39, 0.29) is 24.4 Å². The van der Waals surface area contributed by atoms with Crippen molar-refractivity contribution >= 4 is 18.0 Å². The van der Waals surface area contributed by atoms with E-state index in [9.17, 15) is 14.4 Å². The van der Waals surface area contributed by atoms with E-state index in [2.05, 4.69) is 22.8 Å². The van der Waals surface area contributed by atoms with Crippen LogP contribution in [0.3, 0.4) is 0 Å². The lowest BCUT2D eigenvalue weighted by molar-refractivity contribution is -0.137. The minimum absolute atomic E-state index is 0.0763. The third-order valence-corrected chi connectivity index (χ3v) is 6.17. The van der Waals surface area contributed by atoms with Gasteiger partial charge in [-0.1, -0.05) is 82.6 Å². The first-order valence-electron chi connectivity index (χ1n) is 12.2. The summed E-state index contributed by atoms with van der Waals surface area (Å²) in [6, 6.07) is 14.9. The number of carboxylic acids is 1. The predicted octanol–water partition coefficient (Wildman–Crippen LogP) is 5.09. The fourth-order valence-corrected chi connectivity index (χ4v) is 4.69. The van der Waals surface area contributed by atoms with Crippen LogP contribution in [-0.2, 0) is 14.3 Å². The lowest BCUT2D eigenvalue weighted by atomic mass is 9.87. The first-order chi connectivity index (χ1) is 16.6. The molecule has 2 amide bonds. The van der Waals surface area contributed by atoms with E-state index in [1.165, 1.54) is 0 Å². The molecule has 3 rings (SSSR count). The van der Waals surface area contributed by atoms with Gasteiger partial charge in [0.2, 0.25) is 5.91 Å². The van der Waals surface area contributed by atoms with Crippen molar-refractivity contribution in [2.24, 2.45) is 5.41 Å². The molecule has 0 saturated heterocycles. The third kappa shape index (κ3) is 7.07. The Balaban J connectivity index is 1.68. The van der Waals surface area contributed by atoms with Gasteiger partial charge in [0, 0.05) is 12.0 Å². The smallest absolute Gasteiger partial charge is 0.407 e. The van der Waals surface area contributed by atoms with E-state index in [4.69, 9.17) is 9.84 Å². The van der Waals surface area contributed by atoms with Gasteiger partial charge in [-0.3, -0.25) is 9.59 Å². The Morgan fingerprint density at radius 3 is 2.06 bits per heavy atom. The molecule has 0 aliphatic heterocycles. The molecule has 0 heterocycles. The fourth-order valence-electron chi connectivity index (χ4n) is 4.69. The highest BCUT2D eigenvalue weighted by molar-refractivity contribution is 5.86. The number of amides is 2. The molecule has 2 aromatic rings. The maximum atomic E-state index is 13.0. The molecular weight excluding hydrogens is 444 g/mol. The molecule has 1 aliphatic rings. The van der Waals surface area contributed by atoms with Gasteiger partial charge in [-0.2, -0.15) is 0 Å². The summed E-state index contributed by atoms with van der Waals surface area (Å²) in [7, 11) is 0. The Bertz CT molecular complexity index is 1010. The van der Waals surface area contributed by atoms with Crippen LogP contribution in [0.2, 0.25) is 0 Å². The molecule has 3 N–H and O–H groups in total. The largest absolute Gasteiger partial charge is 0.481 e. The van der Waals surface area contributed by atoms with E-state index in [0.717, 1.165) is 28.7 Å². The lowest BCUT2D eigenvalue weighted by Crippen LogP contribution is -2.51. The van der Waals surface area contributed by atoms with Gasteiger partial charge >= 0.3 is 12.1 Å². The van der Waals surface area contributed by atoms with Gasteiger partial charge in [0.25, 0.3) is 0 Å². The minimum atomic E-state index is -0.972. The van der Waals surface area contributed by atoms with Gasteiger partial charge in [-0.25, -0.2) is 4.79 Å². The molecule has 7 heteroatoms. The quantitative estimate of drug-likeness (QED) is 0.439. The molecule has 0 aromatic heterocycles. The maximum Gasteiger partial charge on any atom is 0.407 e. The number of hydrogen-bond acceptors (Lipinski definition) is 4. The van der Waals surface area contributed by atoms with Crippen LogP contribution in [0.5, 0.6) is 0 Å². The molecule has 0 bridgehead atoms. The number of fused-ring (bicyclic) bond motifs is 3. The molecule has 7 nitrogen and oxygen atoms in total. The molecule has 0 spiro atoms. The average molecular weight is 481 g/mol. The number of hydrogen-bond donors (Lipinski definition) is 3. The summed E-state index contributed by atoms with van der Waals surface area (Å²) in [6.45, 7) is 8.03. The average Bonchev–Trinajstić information content (AvgIpc) is 3.10. The van der Waals surface area contributed by atoms with Crippen molar-refractivity contribution in [2.45, 2.75) is 71.4 Å². The summed E-state index contributed by atoms with van der Waals surface area (Å²) in [4.78, 5) is 37.0. The second-order valence-electron chi connectivity index (χ2n) is 10.4. The number of benzene rings is 2. The van der Waals surface area contributed by atoms with Gasteiger partial charge in [-0.15, -0.1) is 0 Å². The Labute approximate surface area is 207 Å². The summed E-state index contributed by atoms with van der Waals surface area (Å²) in [6.07, 6.45) is 0.844. The number of ether oxygens (including phenoxy) is 1. The summed E-state index contributed by atoms with van der Waals surface area (Å²) in [5.74, 6) is -1.44. The number of rotatable bonds is 10. The van der Waals surface area contributed by atoms with Crippen LogP contribution >= 0.6 is 0 Å². The number of nitrogens with one attached hydrogen (secondary N) is 2. The van der Waals surface area contributed by atoms with Crippen molar-refractivity contribution in [1.82, 2.24) is 10.6 Å². The Morgan fingerprint density at radius 2 is 1.54 bits per heavy atom. The normalized spacial score (nSPS) is 14.4. The zero-order chi connectivity index (χ0) is 25.6. The molecule has 0 saturated carbocycles. The van der Waals surface area contributed by atoms with Crippen molar-refractivity contribution < 1.29 is 24.2 Å². The third-order valence-electron chi connectivity index (χ3n) is 6.17. The van der Waals surface area contributed by atoms with Gasteiger partial charge in [-0.05, 0) is 40.5 Å². The van der Waals surface area contributed by atoms with Crippen LogP contribution < -0.4 is 10.6 Å². The van der Waals surface area contributed by atoms with Crippen LogP contribution in [0.1, 0.15) is 70.4 Å². The summed E-state index contributed by atoms with van der Waals surface area (Å²) in [5.41, 5.74) is 4.26. The Hall–Kier alpha value is -3.35. The van der Waals surface area contributed by atoms with Crippen molar-refractivity contribution in [3.8, 4) is 11.1 Å². The van der Waals surface area contributed by atoms with Gasteiger partial charge < -0.3 is 20.5 Å². The Kier molecular flexibility index (Phi) is 8.54. The van der Waals surface area contributed by atoms with Crippen molar-refractivity contribution in [3.05, 3.63) is 59.7 Å². The van der Waals surface area contributed by atoms with E-state index in [1.807, 2.05) is 64.1 Å². The molecule has 0 radical (unpaired) electrons. The zero-order valence-electron chi connectivity index (χ0n) is 21.0. The second kappa shape index (κ2) is 11.4. The van der Waals surface area contributed by atoms with Gasteiger partial charge in [0.05, 0.1) is 6.42 Å². The molecule has 188 valence electrons. The van der Waals surface area contributed by atoms with Crippen molar-refractivity contribution in [2.75, 3.05) is 6.61 Å². The zero-order valence-corrected chi connectivity index (χ0v) is 21.0. The number of carbonyl (C=O) groups excluding carboxylic acids is 2. The first-order valence-corrected chi connectivity index (χ1v) is 12.2. The highest BCUT2D eigenvalue weighted by Gasteiger charge is 2.31. The number of carboxylic acid groups (broad SMARTS) is 1. The SMILES string of the molecule is CCC[C@H](CC(=O)O)NC(=O)C(CC(C)(C)C)NC(=O)OCC1c2ccccc2-c2ccccc21. The van der Waals surface area contributed by atoms with Crippen LogP contribution in [0, 0.1) is 5.41 Å². The lowest BCUT2D eigenvalue weighted by Gasteiger charge is -2.28. The molecule has 35 heavy (non-hydrogen) atoms. The number of aliphatic carboxylic acids is 1. The highest BCUT2D eigenvalue weighted by Crippen LogP contribution is 2.44. The van der Waals surface area contributed by atoms with E-state index in [0.29, 0.717) is 12.8 Å². The molecule has 2 atom stereocenters. The standard InChI is InChI=1S/C28H36N2O5/c1-5-10-18(15-25(31)32)29-26(33)24(16-28(2,3)4)30-27(34)35-17-23-21-13-8-6-11-19(21)20-12-7-9-14-22(20)23/h6-9,11-14,18,23-24H,5,10,15-17H2,1-4H3,(H,29,33)(H,30,34)(H,31,32)/t18-,24?/m1/s1. The first kappa shape index (κ1) is 26.3. The van der Waals surface area contributed by atoms with Crippen LogP contribution in [-0.4, -0.2) is 41.8 Å². The fraction of sp³-hybridized carbons (Fsp3) is 0.464. The maximum absolute atomic E-state index is 13.0. The van der Waals surface area contributed by atoms with Crippen LogP contribution in [0.15, 0.2) is 48.5 Å². The van der Waals surface area contributed by atoms with Crippen LogP contribution in [0.25, 0.3) is 11.1 Å². The summed E-state index contributed by atoms with van der Waals surface area (Å²) in [5, 5.41) is 14.7. The molecule has 1 unspecified atom stereocenters. The summed E-state index contributed by atoms with van der Waals surface area (Å²) < 4.78 is 5.63. The second-order valence-corrected chi connectivity index (χ2v) is 10.4. The van der Waals surface area contributed by atoms with Crippen molar-refractivity contribution in [3.63, 3.8) is 0 Å². The minimum Gasteiger partial charge on any atom is -0.481 e. The molecular formula is C28H36N2O5. The van der Waals surface area contributed by atoms with Gasteiger partial charge in [0.15, 0.2) is 0 Å². The summed E-state index contributed by atoms with van der Waals surface area (Å²) >= 11 is 0. The molecule has 1 aliphatic carbocycles. The number of carbonyl (C=O) groups is 3. The van der Waals surface area contributed by atoms with E-state index < -0.39 is 30.1 Å². The van der Waals surface area contributed by atoms with E-state index >= 15 is 0 Å². The van der Waals surface area contributed by atoms with Gasteiger partial charge in [0.1, 0.15) is 12.6 Å². The van der Waals surface area contributed by atoms with E-state index in [1.54, 1.807) is 0 Å². The predicted molar refractivity (Wildman–Crippen MR) is 135 cm³/mol. The monoisotopic (exact) mass is 480 g/mol.